The number of rotatable bonds is 5. The first kappa shape index (κ1) is 12.1. The second-order valence-corrected chi connectivity index (χ2v) is 5.05. The first-order chi connectivity index (χ1) is 8.03. The van der Waals surface area contributed by atoms with Crippen molar-refractivity contribution in [2.45, 2.75) is 38.6 Å². The second-order valence-electron chi connectivity index (χ2n) is 5.05. The summed E-state index contributed by atoms with van der Waals surface area (Å²) in [7, 11) is 0. The van der Waals surface area contributed by atoms with Gasteiger partial charge in [0.25, 0.3) is 0 Å². The van der Waals surface area contributed by atoms with Crippen LogP contribution in [0.25, 0.3) is 0 Å². The molecule has 0 bridgehead atoms. The summed E-state index contributed by atoms with van der Waals surface area (Å²) >= 11 is 0. The SMILES string of the molecule is Cc1cc(CC(=O)NC(C)(CN)C2CC2)no1. The van der Waals surface area contributed by atoms with Crippen molar-refractivity contribution < 1.29 is 9.32 Å². The lowest BCUT2D eigenvalue weighted by Crippen LogP contribution is -2.53. The molecule has 3 N–H and O–H groups in total. The number of aryl methyl sites for hydroxylation is 1. The van der Waals surface area contributed by atoms with E-state index in [0.29, 0.717) is 18.2 Å². The molecule has 17 heavy (non-hydrogen) atoms. The molecule has 1 aromatic rings. The maximum atomic E-state index is 11.9. The zero-order valence-corrected chi connectivity index (χ0v) is 10.3. The van der Waals surface area contributed by atoms with Crippen LogP contribution in [0.15, 0.2) is 10.6 Å². The molecule has 0 radical (unpaired) electrons. The third-order valence-electron chi connectivity index (χ3n) is 3.35. The molecule has 1 aliphatic rings. The van der Waals surface area contributed by atoms with E-state index in [4.69, 9.17) is 10.3 Å². The first-order valence-electron chi connectivity index (χ1n) is 5.97. The van der Waals surface area contributed by atoms with Gasteiger partial charge >= 0.3 is 0 Å². The normalized spacial score (nSPS) is 18.8. The van der Waals surface area contributed by atoms with E-state index in [1.54, 1.807) is 6.07 Å². The van der Waals surface area contributed by atoms with Crippen LogP contribution in [0.1, 0.15) is 31.2 Å². The number of nitrogens with one attached hydrogen (secondary N) is 1. The largest absolute Gasteiger partial charge is 0.361 e. The third kappa shape index (κ3) is 2.85. The predicted molar refractivity (Wildman–Crippen MR) is 63.3 cm³/mol. The van der Waals surface area contributed by atoms with Gasteiger partial charge in [0.2, 0.25) is 5.91 Å². The third-order valence-corrected chi connectivity index (χ3v) is 3.35. The van der Waals surface area contributed by atoms with Gasteiger partial charge in [0.15, 0.2) is 0 Å². The molecule has 1 heterocycles. The van der Waals surface area contributed by atoms with Crippen molar-refractivity contribution in [3.8, 4) is 0 Å². The maximum Gasteiger partial charge on any atom is 0.226 e. The van der Waals surface area contributed by atoms with E-state index < -0.39 is 0 Å². The molecule has 94 valence electrons. The van der Waals surface area contributed by atoms with Crippen LogP contribution < -0.4 is 11.1 Å². The Labute approximate surface area is 101 Å². The zero-order chi connectivity index (χ0) is 12.5. The molecule has 1 aromatic heterocycles. The van der Waals surface area contributed by atoms with E-state index in [0.717, 1.165) is 18.6 Å². The summed E-state index contributed by atoms with van der Waals surface area (Å²) < 4.78 is 4.93. The van der Waals surface area contributed by atoms with Gasteiger partial charge in [-0.25, -0.2) is 0 Å². The Morgan fingerprint density at radius 1 is 1.71 bits per heavy atom. The van der Waals surface area contributed by atoms with Crippen LogP contribution in [0.3, 0.4) is 0 Å². The fourth-order valence-electron chi connectivity index (χ4n) is 2.07. The summed E-state index contributed by atoms with van der Waals surface area (Å²) in [6.07, 6.45) is 2.55. The van der Waals surface area contributed by atoms with Crippen LogP contribution in [-0.4, -0.2) is 23.1 Å². The molecule has 5 nitrogen and oxygen atoms in total. The number of carbonyl (C=O) groups excluding carboxylic acids is 1. The highest BCUT2D eigenvalue weighted by atomic mass is 16.5. The van der Waals surface area contributed by atoms with Gasteiger partial charge in [-0.3, -0.25) is 4.79 Å². The smallest absolute Gasteiger partial charge is 0.226 e. The summed E-state index contributed by atoms with van der Waals surface area (Å²) in [5.74, 6) is 1.20. The molecule has 0 aromatic carbocycles. The fourth-order valence-corrected chi connectivity index (χ4v) is 2.07. The van der Waals surface area contributed by atoms with Gasteiger partial charge in [0, 0.05) is 12.6 Å². The van der Waals surface area contributed by atoms with E-state index in [1.807, 2.05) is 13.8 Å². The number of nitrogens with two attached hydrogens (primary N) is 1. The molecule has 1 aliphatic carbocycles. The maximum absolute atomic E-state index is 11.9. The molecule has 0 spiro atoms. The Morgan fingerprint density at radius 3 is 2.88 bits per heavy atom. The van der Waals surface area contributed by atoms with E-state index in [1.165, 1.54) is 0 Å². The van der Waals surface area contributed by atoms with Crippen molar-refractivity contribution in [1.29, 1.82) is 0 Å². The van der Waals surface area contributed by atoms with E-state index in [2.05, 4.69) is 10.5 Å². The molecule has 1 saturated carbocycles. The molecular weight excluding hydrogens is 218 g/mol. The van der Waals surface area contributed by atoms with Gasteiger partial charge in [0.1, 0.15) is 5.76 Å². The van der Waals surface area contributed by atoms with Crippen molar-refractivity contribution in [3.63, 3.8) is 0 Å². The highest BCUT2D eigenvalue weighted by Crippen LogP contribution is 2.38. The Bertz CT molecular complexity index is 412. The van der Waals surface area contributed by atoms with Crippen molar-refractivity contribution in [3.05, 3.63) is 17.5 Å². The quantitative estimate of drug-likeness (QED) is 0.792. The van der Waals surface area contributed by atoms with Gasteiger partial charge in [0.05, 0.1) is 17.7 Å². The van der Waals surface area contributed by atoms with Gasteiger partial charge in [-0.2, -0.15) is 0 Å². The number of aromatic nitrogens is 1. The lowest BCUT2D eigenvalue weighted by Gasteiger charge is -2.29. The minimum atomic E-state index is -0.268. The van der Waals surface area contributed by atoms with E-state index in [-0.39, 0.29) is 17.9 Å². The highest BCUT2D eigenvalue weighted by Gasteiger charge is 2.41. The number of hydrogen-bond acceptors (Lipinski definition) is 4. The Morgan fingerprint density at radius 2 is 2.41 bits per heavy atom. The lowest BCUT2D eigenvalue weighted by molar-refractivity contribution is -0.122. The number of nitrogens with zero attached hydrogens (tertiary/aromatic N) is 1. The van der Waals surface area contributed by atoms with Crippen LogP contribution in [0, 0.1) is 12.8 Å². The van der Waals surface area contributed by atoms with Gasteiger partial charge in [-0.05, 0) is 32.6 Å². The van der Waals surface area contributed by atoms with E-state index in [9.17, 15) is 4.79 Å². The van der Waals surface area contributed by atoms with Crippen molar-refractivity contribution in [1.82, 2.24) is 10.5 Å². The molecule has 5 heteroatoms. The van der Waals surface area contributed by atoms with Crippen LogP contribution in [0.5, 0.6) is 0 Å². The van der Waals surface area contributed by atoms with Crippen molar-refractivity contribution >= 4 is 5.91 Å². The minimum absolute atomic E-state index is 0.0434. The monoisotopic (exact) mass is 237 g/mol. The van der Waals surface area contributed by atoms with Crippen LogP contribution in [0.4, 0.5) is 0 Å². The van der Waals surface area contributed by atoms with Crippen LogP contribution in [0.2, 0.25) is 0 Å². The molecular formula is C12H19N3O2. The molecule has 0 saturated heterocycles. The second kappa shape index (κ2) is 4.49. The Kier molecular flexibility index (Phi) is 3.19. The summed E-state index contributed by atoms with van der Waals surface area (Å²) in [5, 5.41) is 6.82. The first-order valence-corrected chi connectivity index (χ1v) is 5.97. The van der Waals surface area contributed by atoms with Gasteiger partial charge < -0.3 is 15.6 Å². The summed E-state index contributed by atoms with van der Waals surface area (Å²) in [6.45, 7) is 4.29. The predicted octanol–water partition coefficient (Wildman–Crippen LogP) is 0.769. The van der Waals surface area contributed by atoms with Gasteiger partial charge in [-0.15, -0.1) is 0 Å². The summed E-state index contributed by atoms with van der Waals surface area (Å²) in [6, 6.07) is 1.77. The average Bonchev–Trinajstić information content (AvgIpc) is 3.04. The summed E-state index contributed by atoms with van der Waals surface area (Å²) in [5.41, 5.74) is 6.14. The van der Waals surface area contributed by atoms with Gasteiger partial charge in [-0.1, -0.05) is 5.16 Å². The molecule has 1 atom stereocenters. The van der Waals surface area contributed by atoms with E-state index >= 15 is 0 Å². The molecule has 1 fully saturated rings. The van der Waals surface area contributed by atoms with Crippen LogP contribution in [-0.2, 0) is 11.2 Å². The molecule has 0 aliphatic heterocycles. The standard InChI is InChI=1S/C12H19N3O2/c1-8-5-10(15-17-8)6-11(16)14-12(2,7-13)9-3-4-9/h5,9H,3-4,6-7,13H2,1-2H3,(H,14,16). The Balaban J connectivity index is 1.92. The number of amides is 1. The fraction of sp³-hybridized carbons (Fsp3) is 0.667. The van der Waals surface area contributed by atoms with Crippen LogP contribution >= 0.6 is 0 Å². The Hall–Kier alpha value is -1.36. The topological polar surface area (TPSA) is 81.2 Å². The zero-order valence-electron chi connectivity index (χ0n) is 10.3. The van der Waals surface area contributed by atoms with Crippen molar-refractivity contribution in [2.24, 2.45) is 11.7 Å². The average molecular weight is 237 g/mol. The molecule has 2 rings (SSSR count). The molecule has 1 unspecified atom stereocenters. The highest BCUT2D eigenvalue weighted by molar-refractivity contribution is 5.79. The minimum Gasteiger partial charge on any atom is -0.361 e. The van der Waals surface area contributed by atoms with Crippen molar-refractivity contribution in [2.75, 3.05) is 6.54 Å². The summed E-state index contributed by atoms with van der Waals surface area (Å²) in [4.78, 5) is 11.9. The number of hydrogen-bond donors (Lipinski definition) is 2. The number of carbonyl (C=O) groups is 1. The molecule has 1 amide bonds. The lowest BCUT2D eigenvalue weighted by atomic mass is 9.95.